The van der Waals surface area contributed by atoms with E-state index in [2.05, 4.69) is 0 Å². The van der Waals surface area contributed by atoms with E-state index in [1.165, 1.54) is 6.07 Å². The molecule has 0 aliphatic carbocycles. The van der Waals surface area contributed by atoms with Crippen LogP contribution in [0, 0.1) is 15.5 Å². The van der Waals surface area contributed by atoms with Crippen molar-refractivity contribution in [3.63, 3.8) is 0 Å². The number of nitro benzene ring substituents is 1. The average molecular weight is 235 g/mol. The molecule has 1 aromatic carbocycles. The van der Waals surface area contributed by atoms with Gasteiger partial charge in [-0.1, -0.05) is 32.0 Å². The molecule has 0 bridgehead atoms. The minimum Gasteiger partial charge on any atom is -0.406 e. The summed E-state index contributed by atoms with van der Waals surface area (Å²) in [6.45, 7) is 5.12. The lowest BCUT2D eigenvalue weighted by atomic mass is 9.75. The van der Waals surface area contributed by atoms with Gasteiger partial charge in [-0.2, -0.15) is 0 Å². The van der Waals surface area contributed by atoms with Crippen molar-refractivity contribution in [3.8, 4) is 0 Å². The molecule has 6 heteroatoms. The quantitative estimate of drug-likeness (QED) is 0.441. The highest BCUT2D eigenvalue weighted by Crippen LogP contribution is 2.22. The molecule has 1 saturated heterocycles. The monoisotopic (exact) mass is 235 g/mol. The van der Waals surface area contributed by atoms with E-state index in [-0.39, 0.29) is 11.1 Å². The summed E-state index contributed by atoms with van der Waals surface area (Å²) >= 11 is 0. The predicted molar refractivity (Wildman–Crippen MR) is 64.2 cm³/mol. The summed E-state index contributed by atoms with van der Waals surface area (Å²) in [6.07, 6.45) is 0. The van der Waals surface area contributed by atoms with E-state index in [1.807, 2.05) is 13.8 Å². The summed E-state index contributed by atoms with van der Waals surface area (Å²) in [5.74, 6) is 0. The van der Waals surface area contributed by atoms with E-state index in [0.717, 1.165) is 0 Å². The molecule has 0 radical (unpaired) electrons. The van der Waals surface area contributed by atoms with Crippen LogP contribution < -0.4 is 5.46 Å². The van der Waals surface area contributed by atoms with Crippen molar-refractivity contribution in [2.75, 3.05) is 13.2 Å². The van der Waals surface area contributed by atoms with Crippen molar-refractivity contribution in [3.05, 3.63) is 34.4 Å². The first-order valence-corrected chi connectivity index (χ1v) is 5.46. The first-order valence-electron chi connectivity index (χ1n) is 5.46. The lowest BCUT2D eigenvalue weighted by Crippen LogP contribution is -2.47. The molecule has 0 aromatic heterocycles. The Hall–Kier alpha value is -1.40. The van der Waals surface area contributed by atoms with Crippen molar-refractivity contribution < 1.29 is 14.2 Å². The normalized spacial score (nSPS) is 19.1. The summed E-state index contributed by atoms with van der Waals surface area (Å²) in [4.78, 5) is 10.5. The minimum absolute atomic E-state index is 0.0391. The lowest BCUT2D eigenvalue weighted by Gasteiger charge is -2.32. The van der Waals surface area contributed by atoms with Gasteiger partial charge in [0.2, 0.25) is 0 Å². The fourth-order valence-electron chi connectivity index (χ4n) is 1.73. The van der Waals surface area contributed by atoms with Crippen molar-refractivity contribution in [2.24, 2.45) is 5.41 Å². The molecule has 0 N–H and O–H groups in total. The summed E-state index contributed by atoms with van der Waals surface area (Å²) in [7, 11) is -0.635. The van der Waals surface area contributed by atoms with E-state index < -0.39 is 12.0 Å². The van der Waals surface area contributed by atoms with Gasteiger partial charge in [0, 0.05) is 24.7 Å². The average Bonchev–Trinajstić information content (AvgIpc) is 2.29. The summed E-state index contributed by atoms with van der Waals surface area (Å²) in [5.41, 5.74) is 0.477. The van der Waals surface area contributed by atoms with Gasteiger partial charge in [0.05, 0.1) is 10.4 Å². The lowest BCUT2D eigenvalue weighted by molar-refractivity contribution is -0.383. The van der Waals surface area contributed by atoms with Gasteiger partial charge in [-0.3, -0.25) is 10.1 Å². The zero-order valence-corrected chi connectivity index (χ0v) is 9.88. The maximum Gasteiger partial charge on any atom is 0.500 e. The molecular formula is C11H14BNO4. The topological polar surface area (TPSA) is 61.6 Å². The highest BCUT2D eigenvalue weighted by Gasteiger charge is 2.37. The van der Waals surface area contributed by atoms with Crippen LogP contribution >= 0.6 is 0 Å². The van der Waals surface area contributed by atoms with Crippen molar-refractivity contribution in [1.29, 1.82) is 0 Å². The number of para-hydroxylation sites is 1. The Kier molecular flexibility index (Phi) is 3.17. The second-order valence-corrected chi connectivity index (χ2v) is 4.93. The highest BCUT2D eigenvalue weighted by atomic mass is 16.6. The number of hydrogen-bond acceptors (Lipinski definition) is 4. The Morgan fingerprint density at radius 2 is 1.88 bits per heavy atom. The maximum absolute atomic E-state index is 10.9. The molecule has 5 nitrogen and oxygen atoms in total. The standard InChI is InChI=1S/C11H14BNO4/c1-11(2)7-16-12(17-8-11)9-5-3-4-6-10(9)13(14)15/h3-6H,7-8H2,1-2H3. The third-order valence-corrected chi connectivity index (χ3v) is 2.64. The Bertz CT molecular complexity index is 425. The maximum atomic E-state index is 10.9. The third-order valence-electron chi connectivity index (χ3n) is 2.64. The molecule has 0 saturated carbocycles. The molecule has 1 heterocycles. The predicted octanol–water partition coefficient (Wildman–Crippen LogP) is 1.36. The smallest absolute Gasteiger partial charge is 0.406 e. The van der Waals surface area contributed by atoms with E-state index in [0.29, 0.717) is 18.7 Å². The SMILES string of the molecule is CC1(C)COB(c2ccccc2[N+](=O)[O-])OC1. The van der Waals surface area contributed by atoms with Crippen LogP contribution in [0.1, 0.15) is 13.8 Å². The van der Waals surface area contributed by atoms with E-state index >= 15 is 0 Å². The second kappa shape index (κ2) is 4.47. The van der Waals surface area contributed by atoms with E-state index in [4.69, 9.17) is 9.31 Å². The molecule has 1 aliphatic rings. The number of nitro groups is 1. The fourth-order valence-corrected chi connectivity index (χ4v) is 1.73. The zero-order valence-electron chi connectivity index (χ0n) is 9.88. The minimum atomic E-state index is -0.635. The fraction of sp³-hybridized carbons (Fsp3) is 0.455. The van der Waals surface area contributed by atoms with Crippen LogP contribution in [0.5, 0.6) is 0 Å². The van der Waals surface area contributed by atoms with E-state index in [1.54, 1.807) is 18.2 Å². The van der Waals surface area contributed by atoms with Crippen LogP contribution in [0.3, 0.4) is 0 Å². The first-order chi connectivity index (χ1) is 7.99. The highest BCUT2D eigenvalue weighted by molar-refractivity contribution is 6.62. The number of benzene rings is 1. The summed E-state index contributed by atoms with van der Waals surface area (Å²) < 4.78 is 11.1. The van der Waals surface area contributed by atoms with Gasteiger partial charge in [-0.25, -0.2) is 0 Å². The van der Waals surface area contributed by atoms with Gasteiger partial charge in [-0.15, -0.1) is 0 Å². The molecule has 0 amide bonds. The Balaban J connectivity index is 2.21. The van der Waals surface area contributed by atoms with Crippen molar-refractivity contribution in [2.45, 2.75) is 13.8 Å². The van der Waals surface area contributed by atoms with Crippen LogP contribution in [0.15, 0.2) is 24.3 Å². The van der Waals surface area contributed by atoms with Crippen LogP contribution in [0.4, 0.5) is 5.69 Å². The largest absolute Gasteiger partial charge is 0.500 e. The molecule has 0 unspecified atom stereocenters. The molecule has 2 rings (SSSR count). The molecule has 90 valence electrons. The molecule has 0 spiro atoms. The Labute approximate surface area is 100 Å². The van der Waals surface area contributed by atoms with Crippen LogP contribution in [0.25, 0.3) is 0 Å². The van der Waals surface area contributed by atoms with Crippen molar-refractivity contribution >= 4 is 18.3 Å². The van der Waals surface area contributed by atoms with Crippen LogP contribution in [-0.4, -0.2) is 25.3 Å². The van der Waals surface area contributed by atoms with Gasteiger partial charge < -0.3 is 9.31 Å². The number of nitrogens with zero attached hydrogens (tertiary/aromatic N) is 1. The Morgan fingerprint density at radius 1 is 1.29 bits per heavy atom. The molecule has 0 atom stereocenters. The molecular weight excluding hydrogens is 221 g/mol. The van der Waals surface area contributed by atoms with Crippen LogP contribution in [-0.2, 0) is 9.31 Å². The summed E-state index contributed by atoms with van der Waals surface area (Å²) in [5, 5.41) is 10.9. The van der Waals surface area contributed by atoms with Gasteiger partial charge >= 0.3 is 7.12 Å². The first kappa shape index (κ1) is 12.1. The van der Waals surface area contributed by atoms with Crippen LogP contribution in [0.2, 0.25) is 0 Å². The summed E-state index contributed by atoms with van der Waals surface area (Å²) in [6, 6.07) is 6.51. The van der Waals surface area contributed by atoms with E-state index in [9.17, 15) is 10.1 Å². The second-order valence-electron chi connectivity index (χ2n) is 4.93. The Morgan fingerprint density at radius 3 is 2.47 bits per heavy atom. The van der Waals surface area contributed by atoms with Gasteiger partial charge in [0.25, 0.3) is 5.69 Å². The molecule has 1 fully saturated rings. The van der Waals surface area contributed by atoms with Crippen molar-refractivity contribution in [1.82, 2.24) is 0 Å². The zero-order chi connectivity index (χ0) is 12.5. The van der Waals surface area contributed by atoms with Gasteiger partial charge in [0.1, 0.15) is 0 Å². The van der Waals surface area contributed by atoms with Gasteiger partial charge in [-0.05, 0) is 0 Å². The molecule has 1 aromatic rings. The third kappa shape index (κ3) is 2.65. The number of rotatable bonds is 2. The number of hydrogen-bond donors (Lipinski definition) is 0. The van der Waals surface area contributed by atoms with Gasteiger partial charge in [0.15, 0.2) is 0 Å². The molecule has 17 heavy (non-hydrogen) atoms. The molecule has 1 aliphatic heterocycles.